The highest BCUT2D eigenvalue weighted by Crippen LogP contribution is 2.34. The smallest absolute Gasteiger partial charge is 0.239 e. The van der Waals surface area contributed by atoms with E-state index in [4.69, 9.17) is 0 Å². The molecule has 1 aliphatic carbocycles. The van der Waals surface area contributed by atoms with Crippen LogP contribution in [0.4, 0.5) is 0 Å². The van der Waals surface area contributed by atoms with Gasteiger partial charge in [0.05, 0.1) is 6.04 Å². The number of amides is 1. The number of hydrogen-bond acceptors (Lipinski definition) is 3. The van der Waals surface area contributed by atoms with Crippen molar-refractivity contribution < 1.29 is 4.79 Å². The van der Waals surface area contributed by atoms with Gasteiger partial charge in [0.15, 0.2) is 0 Å². The predicted molar refractivity (Wildman–Crippen MR) is 85.2 cm³/mol. The van der Waals surface area contributed by atoms with Gasteiger partial charge in [0.1, 0.15) is 0 Å². The highest BCUT2D eigenvalue weighted by molar-refractivity contribution is 5.82. The largest absolute Gasteiger partial charge is 0.340 e. The van der Waals surface area contributed by atoms with Crippen molar-refractivity contribution in [3.63, 3.8) is 0 Å². The fourth-order valence-electron chi connectivity index (χ4n) is 4.71. The molecule has 2 saturated heterocycles. The number of rotatable bonds is 4. The second kappa shape index (κ2) is 6.66. The van der Waals surface area contributed by atoms with E-state index in [1.54, 1.807) is 0 Å². The minimum atomic E-state index is 0.105. The normalized spacial score (nSPS) is 36.2. The van der Waals surface area contributed by atoms with Gasteiger partial charge in [-0.3, -0.25) is 9.69 Å². The van der Waals surface area contributed by atoms with E-state index >= 15 is 0 Å². The van der Waals surface area contributed by atoms with Crippen molar-refractivity contribution >= 4 is 5.91 Å². The monoisotopic (exact) mass is 293 g/mol. The first-order chi connectivity index (χ1) is 10.2. The predicted octanol–water partition coefficient (Wildman–Crippen LogP) is 1.85. The first-order valence-electron chi connectivity index (χ1n) is 9.01. The second-order valence-corrected chi connectivity index (χ2v) is 7.05. The third-order valence-electron chi connectivity index (χ3n) is 5.96. The molecule has 1 amide bonds. The summed E-state index contributed by atoms with van der Waals surface area (Å²) < 4.78 is 0. The van der Waals surface area contributed by atoms with Gasteiger partial charge in [-0.15, -0.1) is 0 Å². The lowest BCUT2D eigenvalue weighted by molar-refractivity contribution is -0.132. The zero-order valence-corrected chi connectivity index (χ0v) is 13.7. The van der Waals surface area contributed by atoms with E-state index in [0.29, 0.717) is 18.0 Å². The molecule has 3 aliphatic rings. The lowest BCUT2D eigenvalue weighted by Crippen LogP contribution is -2.46. The molecule has 0 aromatic carbocycles. The van der Waals surface area contributed by atoms with Crippen molar-refractivity contribution in [1.29, 1.82) is 0 Å². The van der Waals surface area contributed by atoms with Crippen LogP contribution < -0.4 is 5.32 Å². The Morgan fingerprint density at radius 3 is 2.67 bits per heavy atom. The average molecular weight is 293 g/mol. The minimum absolute atomic E-state index is 0.105. The maximum atomic E-state index is 12.8. The van der Waals surface area contributed by atoms with Gasteiger partial charge in [-0.05, 0) is 44.7 Å². The van der Waals surface area contributed by atoms with Crippen LogP contribution in [0.15, 0.2) is 0 Å². The zero-order valence-electron chi connectivity index (χ0n) is 13.7. The Morgan fingerprint density at radius 2 is 1.95 bits per heavy atom. The molecule has 4 heteroatoms. The van der Waals surface area contributed by atoms with Crippen LogP contribution in [0.25, 0.3) is 0 Å². The maximum Gasteiger partial charge on any atom is 0.239 e. The van der Waals surface area contributed by atoms with Crippen molar-refractivity contribution in [2.45, 2.75) is 70.5 Å². The summed E-state index contributed by atoms with van der Waals surface area (Å²) in [6.07, 6.45) is 7.52. The molecular formula is C17H31N3O. The van der Waals surface area contributed by atoms with Crippen molar-refractivity contribution in [3.8, 4) is 0 Å². The summed E-state index contributed by atoms with van der Waals surface area (Å²) >= 11 is 0. The molecule has 120 valence electrons. The van der Waals surface area contributed by atoms with Crippen LogP contribution in [0.1, 0.15) is 52.4 Å². The number of nitrogens with zero attached hydrogens (tertiary/aromatic N) is 2. The van der Waals surface area contributed by atoms with E-state index in [2.05, 4.69) is 29.0 Å². The molecule has 0 aromatic heterocycles. The van der Waals surface area contributed by atoms with Gasteiger partial charge in [-0.2, -0.15) is 0 Å². The molecule has 0 radical (unpaired) electrons. The molecule has 0 bridgehead atoms. The van der Waals surface area contributed by atoms with Gasteiger partial charge < -0.3 is 10.2 Å². The number of carbonyl (C=O) groups is 1. The van der Waals surface area contributed by atoms with Gasteiger partial charge in [0, 0.05) is 25.2 Å². The summed E-state index contributed by atoms with van der Waals surface area (Å²) in [5.74, 6) is 1.13. The highest BCUT2D eigenvalue weighted by atomic mass is 16.2. The third-order valence-corrected chi connectivity index (χ3v) is 5.96. The Morgan fingerprint density at radius 1 is 1.19 bits per heavy atom. The van der Waals surface area contributed by atoms with Crippen LogP contribution in [-0.4, -0.2) is 60.0 Å². The zero-order chi connectivity index (χ0) is 14.8. The van der Waals surface area contributed by atoms with Crippen molar-refractivity contribution in [2.75, 3.05) is 26.2 Å². The topological polar surface area (TPSA) is 35.6 Å². The summed E-state index contributed by atoms with van der Waals surface area (Å²) in [5.41, 5.74) is 0. The van der Waals surface area contributed by atoms with Crippen molar-refractivity contribution in [3.05, 3.63) is 0 Å². The third kappa shape index (κ3) is 3.11. The number of hydrogen-bond donors (Lipinski definition) is 1. The van der Waals surface area contributed by atoms with Gasteiger partial charge in [0.2, 0.25) is 5.91 Å². The molecule has 1 N–H and O–H groups in total. The molecule has 21 heavy (non-hydrogen) atoms. The lowest BCUT2D eigenvalue weighted by Gasteiger charge is -2.27. The summed E-state index contributed by atoms with van der Waals surface area (Å²) in [6.45, 7) is 8.51. The summed E-state index contributed by atoms with van der Waals surface area (Å²) in [4.78, 5) is 17.4. The van der Waals surface area contributed by atoms with E-state index in [1.165, 1.54) is 25.7 Å². The maximum absolute atomic E-state index is 12.8. The van der Waals surface area contributed by atoms with Crippen molar-refractivity contribution in [1.82, 2.24) is 15.1 Å². The van der Waals surface area contributed by atoms with E-state index in [0.717, 1.165) is 44.9 Å². The van der Waals surface area contributed by atoms with E-state index < -0.39 is 0 Å². The van der Waals surface area contributed by atoms with Crippen LogP contribution in [-0.2, 0) is 4.79 Å². The minimum Gasteiger partial charge on any atom is -0.340 e. The Kier molecular flexibility index (Phi) is 4.85. The van der Waals surface area contributed by atoms with Crippen LogP contribution in [0.2, 0.25) is 0 Å². The fourth-order valence-corrected chi connectivity index (χ4v) is 4.71. The molecule has 4 atom stereocenters. The van der Waals surface area contributed by atoms with Gasteiger partial charge in [-0.1, -0.05) is 26.7 Å². The SMILES string of the molecule is CCN(CC)C1CCN(C(=O)C2CC3CCCCC3N2)C1. The average Bonchev–Trinajstić information content (AvgIpc) is 3.14. The van der Waals surface area contributed by atoms with Gasteiger partial charge in [-0.25, -0.2) is 0 Å². The first-order valence-corrected chi connectivity index (χ1v) is 9.01. The molecular weight excluding hydrogens is 262 g/mol. The Balaban J connectivity index is 1.54. The molecule has 3 fully saturated rings. The van der Waals surface area contributed by atoms with Crippen LogP contribution in [0.3, 0.4) is 0 Å². The van der Waals surface area contributed by atoms with E-state index in [9.17, 15) is 4.79 Å². The van der Waals surface area contributed by atoms with Crippen LogP contribution in [0.5, 0.6) is 0 Å². The summed E-state index contributed by atoms with van der Waals surface area (Å²) in [6, 6.07) is 1.30. The van der Waals surface area contributed by atoms with E-state index in [-0.39, 0.29) is 6.04 Å². The molecule has 0 aromatic rings. The molecule has 2 aliphatic heterocycles. The van der Waals surface area contributed by atoms with Gasteiger partial charge >= 0.3 is 0 Å². The van der Waals surface area contributed by atoms with Crippen molar-refractivity contribution in [2.24, 2.45) is 5.92 Å². The summed E-state index contributed by atoms with van der Waals surface area (Å²) in [7, 11) is 0. The summed E-state index contributed by atoms with van der Waals surface area (Å²) in [5, 5.41) is 3.64. The lowest BCUT2D eigenvalue weighted by atomic mass is 9.85. The molecule has 4 unspecified atom stereocenters. The molecule has 2 heterocycles. The Hall–Kier alpha value is -0.610. The van der Waals surface area contributed by atoms with Crippen LogP contribution in [0, 0.1) is 5.92 Å². The molecule has 3 rings (SSSR count). The number of likely N-dealkylation sites (N-methyl/N-ethyl adjacent to an activating group) is 1. The number of nitrogens with one attached hydrogen (secondary N) is 1. The molecule has 1 saturated carbocycles. The fraction of sp³-hybridized carbons (Fsp3) is 0.941. The Bertz CT molecular complexity index is 355. The molecule has 0 spiro atoms. The standard InChI is InChI=1S/C17H31N3O/c1-3-19(4-2)14-9-10-20(12-14)17(21)16-11-13-7-5-6-8-15(13)18-16/h13-16,18H,3-12H2,1-2H3. The number of fused-ring (bicyclic) bond motifs is 1. The number of likely N-dealkylation sites (tertiary alicyclic amines) is 1. The highest BCUT2D eigenvalue weighted by Gasteiger charge is 2.41. The van der Waals surface area contributed by atoms with E-state index in [1.807, 2.05) is 0 Å². The van der Waals surface area contributed by atoms with Gasteiger partial charge in [0.25, 0.3) is 0 Å². The first kappa shape index (κ1) is 15.3. The number of carbonyl (C=O) groups excluding carboxylic acids is 1. The Labute approximate surface area is 129 Å². The quantitative estimate of drug-likeness (QED) is 0.859. The van der Waals surface area contributed by atoms with Crippen LogP contribution >= 0.6 is 0 Å². The second-order valence-electron chi connectivity index (χ2n) is 7.05. The molecule has 4 nitrogen and oxygen atoms in total.